The van der Waals surface area contributed by atoms with E-state index < -0.39 is 0 Å². The highest BCUT2D eigenvalue weighted by atomic mass is 79.9. The number of carbonyl (C=O) groups excluding carboxylic acids is 1. The lowest BCUT2D eigenvalue weighted by Gasteiger charge is -2.28. The molecule has 0 unspecified atom stereocenters. The summed E-state index contributed by atoms with van der Waals surface area (Å²) in [5.41, 5.74) is 0.559. The van der Waals surface area contributed by atoms with Crippen LogP contribution in [0.3, 0.4) is 0 Å². The Morgan fingerprint density at radius 2 is 2.12 bits per heavy atom. The predicted molar refractivity (Wildman–Crippen MR) is 73.9 cm³/mol. The molecule has 2 rings (SSSR count). The molecule has 0 spiro atoms. The van der Waals surface area contributed by atoms with Crippen LogP contribution in [0.25, 0.3) is 0 Å². The molecule has 92 valence electrons. The predicted octanol–water partition coefficient (Wildman–Crippen LogP) is 3.78. The lowest BCUT2D eigenvalue weighted by Crippen LogP contribution is -2.47. The number of carbonyl (C=O) groups is 1. The summed E-state index contributed by atoms with van der Waals surface area (Å²) in [4.78, 5) is 12.1. The highest BCUT2D eigenvalue weighted by Gasteiger charge is 2.34. The number of halogens is 2. The van der Waals surface area contributed by atoms with Crippen molar-refractivity contribution in [3.8, 4) is 0 Å². The van der Waals surface area contributed by atoms with Crippen LogP contribution in [0.4, 0.5) is 0 Å². The monoisotopic (exact) mass is 315 g/mol. The Labute approximate surface area is 115 Å². The summed E-state index contributed by atoms with van der Waals surface area (Å²) in [6.45, 7) is 0. The van der Waals surface area contributed by atoms with Crippen LogP contribution in [-0.2, 0) is 0 Å². The maximum Gasteiger partial charge on any atom is 0.251 e. The van der Waals surface area contributed by atoms with Crippen LogP contribution in [0.5, 0.6) is 0 Å². The van der Waals surface area contributed by atoms with Gasteiger partial charge in [0, 0.05) is 15.9 Å². The second-order valence-electron chi connectivity index (χ2n) is 4.59. The van der Waals surface area contributed by atoms with E-state index in [-0.39, 0.29) is 11.4 Å². The molecule has 1 amide bonds. The van der Waals surface area contributed by atoms with Crippen LogP contribution in [0.15, 0.2) is 24.3 Å². The van der Waals surface area contributed by atoms with Gasteiger partial charge in [-0.2, -0.15) is 0 Å². The fraction of sp³-hybridized carbons (Fsp3) is 0.462. The van der Waals surface area contributed by atoms with Crippen molar-refractivity contribution in [1.29, 1.82) is 0 Å². The Balaban J connectivity index is 2.11. The average molecular weight is 317 g/mol. The summed E-state index contributed by atoms with van der Waals surface area (Å²) in [5.74, 6) is -0.0335. The van der Waals surface area contributed by atoms with Crippen molar-refractivity contribution in [1.82, 2.24) is 5.32 Å². The fourth-order valence-electron chi connectivity index (χ4n) is 2.29. The fourth-order valence-corrected chi connectivity index (χ4v) is 3.18. The van der Waals surface area contributed by atoms with Gasteiger partial charge in [-0.15, -0.1) is 0 Å². The summed E-state index contributed by atoms with van der Waals surface area (Å²) < 4.78 is 0. The molecule has 4 heteroatoms. The van der Waals surface area contributed by atoms with Crippen molar-refractivity contribution < 1.29 is 4.79 Å². The molecule has 1 saturated carbocycles. The van der Waals surface area contributed by atoms with E-state index in [2.05, 4.69) is 21.2 Å². The van der Waals surface area contributed by atoms with Crippen LogP contribution < -0.4 is 5.32 Å². The van der Waals surface area contributed by atoms with E-state index in [4.69, 9.17) is 11.6 Å². The van der Waals surface area contributed by atoms with Crippen molar-refractivity contribution in [3.63, 3.8) is 0 Å². The molecule has 1 aliphatic carbocycles. The van der Waals surface area contributed by atoms with Gasteiger partial charge < -0.3 is 5.32 Å². The third-order valence-electron chi connectivity index (χ3n) is 3.28. The van der Waals surface area contributed by atoms with E-state index in [0.717, 1.165) is 18.2 Å². The van der Waals surface area contributed by atoms with Gasteiger partial charge in [-0.25, -0.2) is 0 Å². The van der Waals surface area contributed by atoms with Crippen LogP contribution in [0, 0.1) is 0 Å². The van der Waals surface area contributed by atoms with Gasteiger partial charge in [0.25, 0.3) is 5.91 Å². The number of benzene rings is 1. The van der Waals surface area contributed by atoms with Crippen LogP contribution in [-0.4, -0.2) is 16.8 Å². The first kappa shape index (κ1) is 12.9. The third-order valence-corrected chi connectivity index (χ3v) is 4.59. The first-order valence-electron chi connectivity index (χ1n) is 5.79. The number of nitrogens with one attached hydrogen (secondary N) is 1. The molecule has 1 aliphatic rings. The molecule has 0 bridgehead atoms. The first-order chi connectivity index (χ1) is 8.15. The van der Waals surface area contributed by atoms with Crippen molar-refractivity contribution >= 4 is 33.4 Å². The Morgan fingerprint density at radius 3 is 2.71 bits per heavy atom. The van der Waals surface area contributed by atoms with Gasteiger partial charge in [0.2, 0.25) is 0 Å². The molecule has 1 aromatic rings. The second-order valence-corrected chi connectivity index (χ2v) is 5.58. The van der Waals surface area contributed by atoms with Gasteiger partial charge >= 0.3 is 0 Å². The lowest BCUT2D eigenvalue weighted by molar-refractivity contribution is 0.0910. The third kappa shape index (κ3) is 3.02. The zero-order valence-electron chi connectivity index (χ0n) is 9.51. The van der Waals surface area contributed by atoms with Gasteiger partial charge in [-0.1, -0.05) is 46.4 Å². The van der Waals surface area contributed by atoms with Crippen LogP contribution >= 0.6 is 27.5 Å². The first-order valence-corrected chi connectivity index (χ1v) is 7.29. The van der Waals surface area contributed by atoms with E-state index in [1.807, 2.05) is 0 Å². The van der Waals surface area contributed by atoms with Crippen molar-refractivity contribution in [3.05, 3.63) is 34.9 Å². The molecule has 0 aliphatic heterocycles. The quantitative estimate of drug-likeness (QED) is 0.845. The van der Waals surface area contributed by atoms with Crippen molar-refractivity contribution in [2.75, 3.05) is 5.33 Å². The number of amides is 1. The number of alkyl halides is 1. The molecule has 0 atom stereocenters. The summed E-state index contributed by atoms with van der Waals surface area (Å²) >= 11 is 9.39. The van der Waals surface area contributed by atoms with Crippen molar-refractivity contribution in [2.24, 2.45) is 0 Å². The van der Waals surface area contributed by atoms with Gasteiger partial charge in [-0.3, -0.25) is 4.79 Å². The molecule has 1 N–H and O–H groups in total. The van der Waals surface area contributed by atoms with E-state index in [0.29, 0.717) is 10.6 Å². The van der Waals surface area contributed by atoms with Crippen LogP contribution in [0.2, 0.25) is 5.02 Å². The van der Waals surface area contributed by atoms with Crippen LogP contribution in [0.1, 0.15) is 36.0 Å². The minimum Gasteiger partial charge on any atom is -0.346 e. The molecule has 1 fully saturated rings. The minimum absolute atomic E-state index is 0.0335. The van der Waals surface area contributed by atoms with Gasteiger partial charge in [0.1, 0.15) is 0 Å². The Morgan fingerprint density at radius 1 is 1.41 bits per heavy atom. The van der Waals surface area contributed by atoms with E-state index in [9.17, 15) is 4.79 Å². The standard InChI is InChI=1S/C13H15BrClNO/c14-9-13(6-1-2-7-13)16-12(17)10-4-3-5-11(15)8-10/h3-5,8H,1-2,6-7,9H2,(H,16,17). The van der Waals surface area contributed by atoms with Gasteiger partial charge in [-0.05, 0) is 31.0 Å². The molecule has 2 nitrogen and oxygen atoms in total. The largest absolute Gasteiger partial charge is 0.346 e. The molecular weight excluding hydrogens is 302 g/mol. The number of hydrogen-bond donors (Lipinski definition) is 1. The highest BCUT2D eigenvalue weighted by molar-refractivity contribution is 9.09. The smallest absolute Gasteiger partial charge is 0.251 e. The summed E-state index contributed by atoms with van der Waals surface area (Å²) in [5, 5.41) is 4.55. The summed E-state index contributed by atoms with van der Waals surface area (Å²) in [6, 6.07) is 7.06. The van der Waals surface area contributed by atoms with E-state index in [1.165, 1.54) is 12.8 Å². The molecule has 0 aromatic heterocycles. The summed E-state index contributed by atoms with van der Waals surface area (Å²) in [7, 11) is 0. The molecule has 1 aromatic carbocycles. The number of rotatable bonds is 3. The van der Waals surface area contributed by atoms with Gasteiger partial charge in [0.05, 0.1) is 5.54 Å². The van der Waals surface area contributed by atoms with Crippen molar-refractivity contribution in [2.45, 2.75) is 31.2 Å². The zero-order valence-corrected chi connectivity index (χ0v) is 11.9. The molecule has 0 radical (unpaired) electrons. The van der Waals surface area contributed by atoms with E-state index in [1.54, 1.807) is 24.3 Å². The lowest BCUT2D eigenvalue weighted by atomic mass is 10.00. The minimum atomic E-state index is -0.0700. The Hall–Kier alpha value is -0.540. The maximum atomic E-state index is 12.1. The second kappa shape index (κ2) is 5.40. The Bertz CT molecular complexity index is 416. The molecular formula is C13H15BrClNO. The maximum absolute atomic E-state index is 12.1. The van der Waals surface area contributed by atoms with Gasteiger partial charge in [0.15, 0.2) is 0 Å². The molecule has 0 saturated heterocycles. The highest BCUT2D eigenvalue weighted by Crippen LogP contribution is 2.31. The average Bonchev–Trinajstić information content (AvgIpc) is 2.78. The molecule has 0 heterocycles. The SMILES string of the molecule is O=C(NC1(CBr)CCCC1)c1cccc(Cl)c1. The normalized spacial score (nSPS) is 18.0. The Kier molecular flexibility index (Phi) is 4.10. The summed E-state index contributed by atoms with van der Waals surface area (Å²) in [6.07, 6.45) is 4.46. The molecule has 17 heavy (non-hydrogen) atoms. The number of hydrogen-bond acceptors (Lipinski definition) is 1. The van der Waals surface area contributed by atoms with E-state index >= 15 is 0 Å². The zero-order chi connectivity index (χ0) is 12.3. The topological polar surface area (TPSA) is 29.1 Å².